The van der Waals surface area contributed by atoms with Gasteiger partial charge in [0.2, 0.25) is 0 Å². The van der Waals surface area contributed by atoms with Gasteiger partial charge in [0, 0.05) is 17.6 Å². The molecule has 88 valence electrons. The first kappa shape index (κ1) is 11.9. The summed E-state index contributed by atoms with van der Waals surface area (Å²) in [6.07, 6.45) is 5.41. The smallest absolute Gasteiger partial charge is 0.0409 e. The van der Waals surface area contributed by atoms with Crippen molar-refractivity contribution in [3.05, 3.63) is 34.9 Å². The van der Waals surface area contributed by atoms with Crippen LogP contribution in [-0.4, -0.2) is 6.04 Å². The maximum absolute atomic E-state index is 5.96. The molecule has 1 N–H and O–H groups in total. The summed E-state index contributed by atoms with van der Waals surface area (Å²) in [6.45, 7) is 3.30. The Bertz CT molecular complexity index is 337. The first-order chi connectivity index (χ1) is 7.74. The zero-order chi connectivity index (χ0) is 11.4. The van der Waals surface area contributed by atoms with Crippen LogP contribution in [0.1, 0.15) is 38.2 Å². The highest BCUT2D eigenvalue weighted by molar-refractivity contribution is 6.30. The van der Waals surface area contributed by atoms with Crippen molar-refractivity contribution in [1.82, 2.24) is 5.32 Å². The summed E-state index contributed by atoms with van der Waals surface area (Å²) in [5.74, 6) is 0.880. The first-order valence-corrected chi connectivity index (χ1v) is 6.59. The highest BCUT2D eigenvalue weighted by atomic mass is 35.5. The van der Waals surface area contributed by atoms with E-state index in [0.29, 0.717) is 6.04 Å². The molecule has 0 radical (unpaired) electrons. The van der Waals surface area contributed by atoms with Crippen molar-refractivity contribution in [3.63, 3.8) is 0 Å². The molecule has 2 unspecified atom stereocenters. The van der Waals surface area contributed by atoms with Crippen molar-refractivity contribution in [2.45, 2.75) is 45.2 Å². The maximum atomic E-state index is 5.96. The summed E-state index contributed by atoms with van der Waals surface area (Å²) in [7, 11) is 0. The van der Waals surface area contributed by atoms with Gasteiger partial charge in [0.15, 0.2) is 0 Å². The summed E-state index contributed by atoms with van der Waals surface area (Å²) in [4.78, 5) is 0. The third-order valence-corrected chi connectivity index (χ3v) is 3.66. The van der Waals surface area contributed by atoms with Crippen molar-refractivity contribution in [2.75, 3.05) is 0 Å². The lowest BCUT2D eigenvalue weighted by Gasteiger charge is -2.27. The largest absolute Gasteiger partial charge is 0.310 e. The molecule has 2 heteroatoms. The third kappa shape index (κ3) is 3.50. The lowest BCUT2D eigenvalue weighted by Crippen LogP contribution is -2.33. The summed E-state index contributed by atoms with van der Waals surface area (Å²) in [5, 5.41) is 4.47. The molecule has 1 aliphatic carbocycles. The number of benzene rings is 1. The van der Waals surface area contributed by atoms with E-state index >= 15 is 0 Å². The second kappa shape index (κ2) is 5.70. The Kier molecular flexibility index (Phi) is 4.25. The molecule has 0 spiro atoms. The molecule has 16 heavy (non-hydrogen) atoms. The van der Waals surface area contributed by atoms with Gasteiger partial charge in [0.05, 0.1) is 0 Å². The van der Waals surface area contributed by atoms with E-state index in [4.69, 9.17) is 11.6 Å². The van der Waals surface area contributed by atoms with E-state index in [-0.39, 0.29) is 0 Å². The normalized spacial score (nSPS) is 25.6. The van der Waals surface area contributed by atoms with Crippen molar-refractivity contribution < 1.29 is 0 Å². The van der Waals surface area contributed by atoms with Crippen LogP contribution in [0.3, 0.4) is 0 Å². The Morgan fingerprint density at radius 2 is 2.25 bits per heavy atom. The Balaban J connectivity index is 1.82. The van der Waals surface area contributed by atoms with Crippen LogP contribution in [0.2, 0.25) is 5.02 Å². The average molecular weight is 238 g/mol. The molecule has 1 fully saturated rings. The SMILES string of the molecule is CC1CCCC(NCc2cccc(Cl)c2)C1. The number of hydrogen-bond acceptors (Lipinski definition) is 1. The molecule has 2 atom stereocenters. The summed E-state index contributed by atoms with van der Waals surface area (Å²) >= 11 is 5.96. The van der Waals surface area contributed by atoms with E-state index < -0.39 is 0 Å². The standard InChI is InChI=1S/C14H20ClN/c1-11-4-2-7-14(8-11)16-10-12-5-3-6-13(15)9-12/h3,5-6,9,11,14,16H,2,4,7-8,10H2,1H3. The Hall–Kier alpha value is -0.530. The molecule has 0 aliphatic heterocycles. The van der Waals surface area contributed by atoms with Crippen LogP contribution in [0.5, 0.6) is 0 Å². The first-order valence-electron chi connectivity index (χ1n) is 6.22. The molecule has 1 aliphatic rings. The molecule has 0 amide bonds. The minimum atomic E-state index is 0.697. The van der Waals surface area contributed by atoms with Gasteiger partial charge in [-0.3, -0.25) is 0 Å². The highest BCUT2D eigenvalue weighted by Crippen LogP contribution is 2.23. The monoisotopic (exact) mass is 237 g/mol. The van der Waals surface area contributed by atoms with E-state index in [1.54, 1.807) is 0 Å². The zero-order valence-electron chi connectivity index (χ0n) is 9.88. The third-order valence-electron chi connectivity index (χ3n) is 3.42. The number of hydrogen-bond donors (Lipinski definition) is 1. The van der Waals surface area contributed by atoms with Gasteiger partial charge in [-0.2, -0.15) is 0 Å². The quantitative estimate of drug-likeness (QED) is 0.838. The average Bonchev–Trinajstić information content (AvgIpc) is 2.27. The predicted octanol–water partition coefficient (Wildman–Crippen LogP) is 4.01. The van der Waals surface area contributed by atoms with Crippen LogP contribution in [0, 0.1) is 5.92 Å². The summed E-state index contributed by atoms with van der Waals surface area (Å²) in [5.41, 5.74) is 1.28. The molecule has 0 aromatic heterocycles. The van der Waals surface area contributed by atoms with Crippen molar-refractivity contribution in [3.8, 4) is 0 Å². The van der Waals surface area contributed by atoms with Gasteiger partial charge in [-0.25, -0.2) is 0 Å². The second-order valence-corrected chi connectivity index (χ2v) is 5.42. The Morgan fingerprint density at radius 1 is 1.38 bits per heavy atom. The molecule has 1 aromatic carbocycles. The number of halogens is 1. The Labute approximate surface area is 103 Å². The van der Waals surface area contributed by atoms with Crippen molar-refractivity contribution in [1.29, 1.82) is 0 Å². The topological polar surface area (TPSA) is 12.0 Å². The lowest BCUT2D eigenvalue weighted by atomic mass is 9.87. The van der Waals surface area contributed by atoms with Gasteiger partial charge in [-0.15, -0.1) is 0 Å². The van der Waals surface area contributed by atoms with Crippen LogP contribution in [0.25, 0.3) is 0 Å². The number of nitrogens with one attached hydrogen (secondary N) is 1. The number of rotatable bonds is 3. The van der Waals surface area contributed by atoms with E-state index in [1.165, 1.54) is 31.2 Å². The molecule has 1 nitrogen and oxygen atoms in total. The summed E-state index contributed by atoms with van der Waals surface area (Å²) in [6, 6.07) is 8.81. The maximum Gasteiger partial charge on any atom is 0.0409 e. The Morgan fingerprint density at radius 3 is 3.00 bits per heavy atom. The van der Waals surface area contributed by atoms with E-state index in [9.17, 15) is 0 Å². The van der Waals surface area contributed by atoms with Crippen LogP contribution in [-0.2, 0) is 6.54 Å². The van der Waals surface area contributed by atoms with Gasteiger partial charge in [0.1, 0.15) is 0 Å². The molecule has 1 saturated carbocycles. The molecule has 0 heterocycles. The van der Waals surface area contributed by atoms with E-state index in [0.717, 1.165) is 17.5 Å². The minimum Gasteiger partial charge on any atom is -0.310 e. The van der Waals surface area contributed by atoms with Gasteiger partial charge < -0.3 is 5.32 Å². The fraction of sp³-hybridized carbons (Fsp3) is 0.571. The molecule has 0 bridgehead atoms. The van der Waals surface area contributed by atoms with Crippen LogP contribution in [0.4, 0.5) is 0 Å². The molecular formula is C14H20ClN. The molecule has 1 aromatic rings. The van der Waals surface area contributed by atoms with Crippen molar-refractivity contribution >= 4 is 11.6 Å². The zero-order valence-corrected chi connectivity index (χ0v) is 10.6. The predicted molar refractivity (Wildman–Crippen MR) is 69.7 cm³/mol. The van der Waals surface area contributed by atoms with Gasteiger partial charge >= 0.3 is 0 Å². The summed E-state index contributed by atoms with van der Waals surface area (Å²) < 4.78 is 0. The fourth-order valence-corrected chi connectivity index (χ4v) is 2.74. The molecular weight excluding hydrogens is 218 g/mol. The van der Waals surface area contributed by atoms with Crippen LogP contribution >= 0.6 is 11.6 Å². The fourth-order valence-electron chi connectivity index (χ4n) is 2.53. The molecule has 2 rings (SSSR count). The van der Waals surface area contributed by atoms with E-state index in [2.05, 4.69) is 18.3 Å². The lowest BCUT2D eigenvalue weighted by molar-refractivity contribution is 0.300. The van der Waals surface area contributed by atoms with Crippen LogP contribution < -0.4 is 5.32 Å². The molecule has 0 saturated heterocycles. The van der Waals surface area contributed by atoms with Gasteiger partial charge in [-0.1, -0.05) is 43.5 Å². The highest BCUT2D eigenvalue weighted by Gasteiger charge is 2.17. The van der Waals surface area contributed by atoms with Gasteiger partial charge in [0.25, 0.3) is 0 Å². The second-order valence-electron chi connectivity index (χ2n) is 4.98. The van der Waals surface area contributed by atoms with Crippen molar-refractivity contribution in [2.24, 2.45) is 5.92 Å². The van der Waals surface area contributed by atoms with E-state index in [1.807, 2.05) is 18.2 Å². The van der Waals surface area contributed by atoms with Gasteiger partial charge in [-0.05, 0) is 36.5 Å². The van der Waals surface area contributed by atoms with Crippen LogP contribution in [0.15, 0.2) is 24.3 Å². The minimum absolute atomic E-state index is 0.697.